The Morgan fingerprint density at radius 3 is 1.29 bits per heavy atom. The highest BCUT2D eigenvalue weighted by atomic mass is 32.2. The second-order valence-corrected chi connectivity index (χ2v) is 0.937. The Hall–Kier alpha value is 0.340. The molecule has 0 aliphatic carbocycles. The van der Waals surface area contributed by atoms with E-state index in [1.54, 1.807) is 0 Å². The van der Waals surface area contributed by atoms with Gasteiger partial charge in [0.15, 0.2) is 12.3 Å². The van der Waals surface area contributed by atoms with Gasteiger partial charge in [0.2, 0.25) is 0 Å². The minimum Gasteiger partial charge on any atom is -0.307 e. The second kappa shape index (κ2) is 9.60. The van der Waals surface area contributed by atoms with E-state index in [4.69, 9.17) is 22.4 Å². The Bertz CT molecular complexity index is 37.3. The van der Waals surface area contributed by atoms with Crippen LogP contribution in [0, 0.1) is 0 Å². The van der Waals surface area contributed by atoms with E-state index in [0.29, 0.717) is 0 Å². The minimum absolute atomic E-state index is 0.250. The van der Waals surface area contributed by atoms with Gasteiger partial charge in [-0.25, -0.2) is 0 Å². The van der Waals surface area contributed by atoms with E-state index in [0.717, 1.165) is 0 Å². The van der Waals surface area contributed by atoms with Crippen LogP contribution in [0.2, 0.25) is 0 Å². The molecule has 0 saturated carbocycles. The molecule has 0 aliphatic heterocycles. The zero-order valence-electron chi connectivity index (χ0n) is 3.01. The van der Waals surface area contributed by atoms with Crippen LogP contribution >= 0.6 is 12.3 Å². The molecule has 0 radical (unpaired) electrons. The van der Waals surface area contributed by atoms with Gasteiger partial charge in [-0.15, -0.1) is 0 Å². The lowest BCUT2D eigenvalue weighted by atomic mass is 15.8. The molecule has 0 atom stereocenters. The van der Waals surface area contributed by atoms with Crippen molar-refractivity contribution in [1.29, 1.82) is 0 Å². The van der Waals surface area contributed by atoms with E-state index < -0.39 is 11.4 Å². The van der Waals surface area contributed by atoms with Crippen molar-refractivity contribution in [3.8, 4) is 0 Å². The molecule has 46 valence electrons. The lowest BCUT2D eigenvalue weighted by Crippen LogP contribution is -1.74. The molecule has 0 saturated heterocycles. The molecule has 7 heavy (non-hydrogen) atoms. The maximum atomic E-state index is 8.67. The maximum absolute atomic E-state index is 8.67. The standard InChI is InChI=1S/H2O3S.H2O2S/c1-4(2)3;1-3-2/h(H2,1,2,3);1-2H. The zero-order chi connectivity index (χ0) is 6.28. The van der Waals surface area contributed by atoms with Crippen molar-refractivity contribution in [2.45, 2.75) is 0 Å². The molecule has 7 heteroatoms. The molecule has 0 bridgehead atoms. The number of hydrogen-bond donors (Lipinski definition) is 4. The van der Waals surface area contributed by atoms with Gasteiger partial charge in [-0.1, -0.05) is 0 Å². The van der Waals surface area contributed by atoms with Gasteiger partial charge >= 0.3 is 0 Å². The van der Waals surface area contributed by atoms with Crippen molar-refractivity contribution in [3.05, 3.63) is 0 Å². The van der Waals surface area contributed by atoms with Gasteiger partial charge in [-0.3, -0.25) is 9.11 Å². The largest absolute Gasteiger partial charge is 0.307 e. The van der Waals surface area contributed by atoms with Crippen LogP contribution in [-0.4, -0.2) is 22.4 Å². The topological polar surface area (TPSA) is 98.0 Å². The van der Waals surface area contributed by atoms with Gasteiger partial charge in [0.1, 0.15) is 0 Å². The summed E-state index contributed by atoms with van der Waals surface area (Å²) in [5.74, 6) is 0. The fourth-order valence-electron chi connectivity index (χ4n) is 0. The van der Waals surface area contributed by atoms with Crippen molar-refractivity contribution >= 4 is 23.7 Å². The van der Waals surface area contributed by atoms with Crippen LogP contribution in [0.1, 0.15) is 0 Å². The van der Waals surface area contributed by atoms with Crippen molar-refractivity contribution in [1.82, 2.24) is 0 Å². The predicted octanol–water partition coefficient (Wildman–Crippen LogP) is 0.347. The molecule has 0 spiro atoms. The van der Waals surface area contributed by atoms with Crippen molar-refractivity contribution in [2.24, 2.45) is 0 Å². The maximum Gasteiger partial charge on any atom is 0.299 e. The summed E-state index contributed by atoms with van der Waals surface area (Å²) in [5, 5.41) is 0. The Morgan fingerprint density at radius 2 is 1.29 bits per heavy atom. The lowest BCUT2D eigenvalue weighted by Gasteiger charge is -1.59. The fourth-order valence-corrected chi connectivity index (χ4v) is 0. The van der Waals surface area contributed by atoms with Gasteiger partial charge in [0.25, 0.3) is 11.4 Å². The van der Waals surface area contributed by atoms with Crippen LogP contribution in [0.4, 0.5) is 0 Å². The lowest BCUT2D eigenvalue weighted by molar-refractivity contribution is 0.454. The van der Waals surface area contributed by atoms with E-state index in [1.165, 1.54) is 0 Å². The van der Waals surface area contributed by atoms with Crippen LogP contribution in [0.25, 0.3) is 0 Å². The summed E-state index contributed by atoms with van der Waals surface area (Å²) in [6, 6.07) is 0. The molecule has 0 amide bonds. The molecule has 0 heterocycles. The smallest absolute Gasteiger partial charge is 0.299 e. The van der Waals surface area contributed by atoms with E-state index in [2.05, 4.69) is 0 Å². The molecule has 0 unspecified atom stereocenters. The first kappa shape index (κ1) is 10.3. The normalized spacial score (nSPS) is 7.57. The van der Waals surface area contributed by atoms with Crippen molar-refractivity contribution in [2.75, 3.05) is 0 Å². The molecule has 0 rings (SSSR count). The summed E-state index contributed by atoms with van der Waals surface area (Å²) in [6.45, 7) is 0. The Balaban J connectivity index is 0. The van der Waals surface area contributed by atoms with E-state index in [9.17, 15) is 0 Å². The molecule has 0 aromatic heterocycles. The molecule has 0 aliphatic rings. The highest BCUT2D eigenvalue weighted by Crippen LogP contribution is 1.67. The van der Waals surface area contributed by atoms with Crippen LogP contribution in [0.3, 0.4) is 0 Å². The summed E-state index contributed by atoms with van der Waals surface area (Å²) in [6.07, 6.45) is 0. The summed E-state index contributed by atoms with van der Waals surface area (Å²) < 4.78 is 36.9. The first-order valence-corrected chi connectivity index (χ1v) is 2.69. The molecule has 4 N–H and O–H groups in total. The van der Waals surface area contributed by atoms with E-state index >= 15 is 0 Å². The van der Waals surface area contributed by atoms with Crippen LogP contribution in [0.5, 0.6) is 0 Å². The highest BCUT2D eigenvalue weighted by Gasteiger charge is 1.62. The van der Waals surface area contributed by atoms with Crippen molar-refractivity contribution < 1.29 is 22.4 Å². The van der Waals surface area contributed by atoms with Crippen LogP contribution in [0.15, 0.2) is 0 Å². The fraction of sp³-hybridized carbons (Fsp3) is 0. The average Bonchev–Trinajstić information content (AvgIpc) is 1.33. The van der Waals surface area contributed by atoms with Gasteiger partial charge in [-0.05, 0) is 0 Å². The second-order valence-electron chi connectivity index (χ2n) is 0.312. The highest BCUT2D eigenvalue weighted by molar-refractivity contribution is 7.87. The monoisotopic (exact) mass is 148 g/mol. The first-order chi connectivity index (χ1) is 3.15. The SMILES string of the molecule is O=S(O)O.OSO. The first-order valence-electron chi connectivity index (χ1n) is 0.897. The van der Waals surface area contributed by atoms with E-state index in [1.807, 2.05) is 0 Å². The van der Waals surface area contributed by atoms with Gasteiger partial charge in [-0.2, -0.15) is 4.21 Å². The predicted molar refractivity (Wildman–Crippen MR) is 26.2 cm³/mol. The van der Waals surface area contributed by atoms with Crippen LogP contribution in [-0.2, 0) is 11.4 Å². The summed E-state index contributed by atoms with van der Waals surface area (Å²) >= 11 is -2.86. The van der Waals surface area contributed by atoms with Crippen LogP contribution < -0.4 is 0 Å². The quantitative estimate of drug-likeness (QED) is 0.292. The minimum atomic E-state index is -2.61. The Labute approximate surface area is 46.9 Å². The third-order valence-corrected chi connectivity index (χ3v) is 0. The Morgan fingerprint density at radius 1 is 1.29 bits per heavy atom. The summed E-state index contributed by atoms with van der Waals surface area (Å²) in [7, 11) is 0. The van der Waals surface area contributed by atoms with Gasteiger partial charge < -0.3 is 9.11 Å². The molecule has 5 nitrogen and oxygen atoms in total. The van der Waals surface area contributed by atoms with Gasteiger partial charge in [0.05, 0.1) is 0 Å². The molecular formula is H4O5S2. The third kappa shape index (κ3) is 1030. The third-order valence-electron chi connectivity index (χ3n) is 0. The molecule has 0 aromatic carbocycles. The van der Waals surface area contributed by atoms with Gasteiger partial charge in [0, 0.05) is 0 Å². The Kier molecular flexibility index (Phi) is 14.2. The zero-order valence-corrected chi connectivity index (χ0v) is 4.65. The summed E-state index contributed by atoms with van der Waals surface area (Å²) in [5.41, 5.74) is 0. The molecule has 0 fully saturated rings. The molecule has 0 aromatic rings. The summed E-state index contributed by atoms with van der Waals surface area (Å²) in [4.78, 5) is 0. The number of hydrogen-bond acceptors (Lipinski definition) is 4. The van der Waals surface area contributed by atoms with E-state index in [-0.39, 0.29) is 12.3 Å². The average molecular weight is 148 g/mol. The van der Waals surface area contributed by atoms with Crippen molar-refractivity contribution in [3.63, 3.8) is 0 Å². The molecular weight excluding hydrogens is 144 g/mol. The number of rotatable bonds is 0.